The van der Waals surface area contributed by atoms with E-state index in [0.29, 0.717) is 12.8 Å². The number of aliphatic carboxylic acids is 1. The SMILES string of the molecule is CCCCCCCOC(=O)C1(F)C2CCC(C(=O)O)C21. The third-order valence-corrected chi connectivity index (χ3v) is 4.68. The van der Waals surface area contributed by atoms with Gasteiger partial charge in [-0.25, -0.2) is 9.18 Å². The first-order valence-corrected chi connectivity index (χ1v) is 7.62. The number of ether oxygens (including phenoxy) is 1. The zero-order chi connectivity index (χ0) is 14.8. The molecule has 0 aromatic heterocycles. The van der Waals surface area contributed by atoms with Crippen LogP contribution in [0.3, 0.4) is 0 Å². The van der Waals surface area contributed by atoms with Crippen molar-refractivity contribution in [2.75, 3.05) is 6.61 Å². The van der Waals surface area contributed by atoms with Crippen molar-refractivity contribution in [3.8, 4) is 0 Å². The van der Waals surface area contributed by atoms with Crippen molar-refractivity contribution in [2.45, 2.75) is 57.5 Å². The molecule has 0 aromatic carbocycles. The monoisotopic (exact) mass is 286 g/mol. The molecule has 0 amide bonds. The highest BCUT2D eigenvalue weighted by atomic mass is 19.1. The van der Waals surface area contributed by atoms with Crippen LogP contribution in [0.25, 0.3) is 0 Å². The lowest BCUT2D eigenvalue weighted by Gasteiger charge is -2.14. The van der Waals surface area contributed by atoms with Crippen LogP contribution in [-0.2, 0) is 14.3 Å². The summed E-state index contributed by atoms with van der Waals surface area (Å²) < 4.78 is 19.5. The second-order valence-corrected chi connectivity index (χ2v) is 5.97. The lowest BCUT2D eigenvalue weighted by atomic mass is 9.99. The number of halogens is 1. The molecule has 1 N–H and O–H groups in total. The van der Waals surface area contributed by atoms with Crippen LogP contribution in [0.4, 0.5) is 4.39 Å². The predicted octanol–water partition coefficient (Wildman–Crippen LogP) is 2.95. The predicted molar refractivity (Wildman–Crippen MR) is 70.9 cm³/mol. The second kappa shape index (κ2) is 6.10. The van der Waals surface area contributed by atoms with E-state index in [2.05, 4.69) is 6.92 Å². The zero-order valence-electron chi connectivity index (χ0n) is 11.9. The molecule has 0 radical (unpaired) electrons. The summed E-state index contributed by atoms with van der Waals surface area (Å²) in [6.07, 6.45) is 6.08. The van der Waals surface area contributed by atoms with Crippen LogP contribution in [0.2, 0.25) is 0 Å². The van der Waals surface area contributed by atoms with Gasteiger partial charge in [-0.3, -0.25) is 4.79 Å². The molecule has 114 valence electrons. The Morgan fingerprint density at radius 2 is 1.95 bits per heavy atom. The maximum absolute atomic E-state index is 14.5. The summed E-state index contributed by atoms with van der Waals surface area (Å²) in [7, 11) is 0. The molecule has 0 spiro atoms. The summed E-state index contributed by atoms with van der Waals surface area (Å²) in [6, 6.07) is 0. The van der Waals surface area contributed by atoms with E-state index >= 15 is 0 Å². The molecule has 2 aliphatic rings. The van der Waals surface area contributed by atoms with Gasteiger partial charge in [-0.2, -0.15) is 0 Å². The molecule has 0 aromatic rings. The van der Waals surface area contributed by atoms with Gasteiger partial charge in [0, 0.05) is 11.8 Å². The van der Waals surface area contributed by atoms with E-state index in [-0.39, 0.29) is 6.61 Å². The van der Waals surface area contributed by atoms with Crippen LogP contribution in [0, 0.1) is 17.8 Å². The van der Waals surface area contributed by atoms with E-state index in [1.807, 2.05) is 0 Å². The van der Waals surface area contributed by atoms with Crippen molar-refractivity contribution in [1.82, 2.24) is 0 Å². The molecule has 2 fully saturated rings. The second-order valence-electron chi connectivity index (χ2n) is 5.97. The fraction of sp³-hybridized carbons (Fsp3) is 0.867. The highest BCUT2D eigenvalue weighted by Crippen LogP contribution is 2.66. The number of hydrogen-bond acceptors (Lipinski definition) is 3. The lowest BCUT2D eigenvalue weighted by molar-refractivity contribution is -0.154. The van der Waals surface area contributed by atoms with Crippen molar-refractivity contribution in [2.24, 2.45) is 17.8 Å². The van der Waals surface area contributed by atoms with E-state index in [0.717, 1.165) is 32.1 Å². The first-order chi connectivity index (χ1) is 9.53. The first-order valence-electron chi connectivity index (χ1n) is 7.62. The molecule has 4 atom stereocenters. The van der Waals surface area contributed by atoms with E-state index in [1.54, 1.807) is 0 Å². The van der Waals surface area contributed by atoms with Gasteiger partial charge in [-0.15, -0.1) is 0 Å². The number of carbonyl (C=O) groups excluding carboxylic acids is 1. The molecule has 2 aliphatic carbocycles. The Balaban J connectivity index is 1.73. The number of alkyl halides is 1. The maximum atomic E-state index is 14.5. The zero-order valence-corrected chi connectivity index (χ0v) is 11.9. The molecule has 5 heteroatoms. The summed E-state index contributed by atoms with van der Waals surface area (Å²) >= 11 is 0. The highest BCUT2D eigenvalue weighted by Gasteiger charge is 2.77. The summed E-state index contributed by atoms with van der Waals surface area (Å²) in [5.74, 6) is -3.65. The van der Waals surface area contributed by atoms with Gasteiger partial charge in [0.25, 0.3) is 0 Å². The molecular formula is C15H23FO4. The Morgan fingerprint density at radius 1 is 1.25 bits per heavy atom. The van der Waals surface area contributed by atoms with Crippen LogP contribution in [0.5, 0.6) is 0 Å². The number of carboxylic acid groups (broad SMARTS) is 1. The molecule has 4 nitrogen and oxygen atoms in total. The Labute approximate surface area is 118 Å². The van der Waals surface area contributed by atoms with Crippen LogP contribution in [0.15, 0.2) is 0 Å². The van der Waals surface area contributed by atoms with Crippen molar-refractivity contribution in [1.29, 1.82) is 0 Å². The molecule has 0 saturated heterocycles. The van der Waals surface area contributed by atoms with Crippen molar-refractivity contribution in [3.63, 3.8) is 0 Å². The van der Waals surface area contributed by atoms with Gasteiger partial charge in [-0.1, -0.05) is 32.6 Å². The van der Waals surface area contributed by atoms with Crippen molar-refractivity contribution in [3.05, 3.63) is 0 Å². The lowest BCUT2D eigenvalue weighted by Crippen LogP contribution is -2.30. The fourth-order valence-electron chi connectivity index (χ4n) is 3.50. The van der Waals surface area contributed by atoms with E-state index in [1.165, 1.54) is 0 Å². The molecule has 0 bridgehead atoms. The van der Waals surface area contributed by atoms with Crippen LogP contribution in [-0.4, -0.2) is 29.3 Å². The van der Waals surface area contributed by atoms with Gasteiger partial charge in [0.1, 0.15) is 0 Å². The average Bonchev–Trinajstić information content (AvgIpc) is 2.82. The first kappa shape index (κ1) is 15.3. The highest BCUT2D eigenvalue weighted by molar-refractivity contribution is 5.87. The van der Waals surface area contributed by atoms with Crippen LogP contribution >= 0.6 is 0 Å². The summed E-state index contributed by atoms with van der Waals surface area (Å²) in [5, 5.41) is 9.00. The quantitative estimate of drug-likeness (QED) is 0.550. The number of fused-ring (bicyclic) bond motifs is 1. The Morgan fingerprint density at radius 3 is 2.60 bits per heavy atom. The Bertz CT molecular complexity index is 384. The summed E-state index contributed by atoms with van der Waals surface area (Å²) in [4.78, 5) is 22.8. The number of carbonyl (C=O) groups is 2. The molecule has 0 aliphatic heterocycles. The molecule has 4 unspecified atom stereocenters. The number of unbranched alkanes of at least 4 members (excludes halogenated alkanes) is 4. The van der Waals surface area contributed by atoms with E-state index in [4.69, 9.17) is 9.84 Å². The standard InChI is InChI=1S/C15H23FO4/c1-2-3-4-5-6-9-20-14(19)15(16)11-8-7-10(12(11)15)13(17)18/h10-12H,2-9H2,1H3,(H,17,18). The molecule has 2 saturated carbocycles. The fourth-order valence-corrected chi connectivity index (χ4v) is 3.50. The van der Waals surface area contributed by atoms with Gasteiger partial charge in [-0.05, 0) is 19.3 Å². The number of carboxylic acids is 1. The third kappa shape index (κ3) is 2.67. The number of rotatable bonds is 8. The van der Waals surface area contributed by atoms with Crippen molar-refractivity contribution >= 4 is 11.9 Å². The van der Waals surface area contributed by atoms with Gasteiger partial charge < -0.3 is 9.84 Å². The van der Waals surface area contributed by atoms with Crippen molar-refractivity contribution < 1.29 is 23.8 Å². The summed E-state index contributed by atoms with van der Waals surface area (Å²) in [6.45, 7) is 2.36. The van der Waals surface area contributed by atoms with Crippen LogP contribution < -0.4 is 0 Å². The smallest absolute Gasteiger partial charge is 0.344 e. The van der Waals surface area contributed by atoms with Gasteiger partial charge in [0.05, 0.1) is 12.5 Å². The third-order valence-electron chi connectivity index (χ3n) is 4.68. The maximum Gasteiger partial charge on any atom is 0.344 e. The normalized spacial score (nSPS) is 34.6. The number of esters is 1. The Kier molecular flexibility index (Phi) is 4.66. The average molecular weight is 286 g/mol. The minimum absolute atomic E-state index is 0.241. The largest absolute Gasteiger partial charge is 0.481 e. The molecular weight excluding hydrogens is 263 g/mol. The minimum Gasteiger partial charge on any atom is -0.481 e. The Hall–Kier alpha value is -1.13. The van der Waals surface area contributed by atoms with E-state index < -0.39 is 35.4 Å². The summed E-state index contributed by atoms with van der Waals surface area (Å²) in [5.41, 5.74) is -2.02. The number of hydrogen-bond donors (Lipinski definition) is 1. The molecule has 0 heterocycles. The molecule has 2 rings (SSSR count). The van der Waals surface area contributed by atoms with Gasteiger partial charge >= 0.3 is 11.9 Å². The minimum atomic E-state index is -2.02. The molecule has 20 heavy (non-hydrogen) atoms. The van der Waals surface area contributed by atoms with Crippen LogP contribution in [0.1, 0.15) is 51.9 Å². The van der Waals surface area contributed by atoms with Gasteiger partial charge in [0.15, 0.2) is 0 Å². The van der Waals surface area contributed by atoms with E-state index in [9.17, 15) is 14.0 Å². The topological polar surface area (TPSA) is 63.6 Å². The van der Waals surface area contributed by atoms with Gasteiger partial charge in [0.2, 0.25) is 5.67 Å².